The van der Waals surface area contributed by atoms with Crippen LogP contribution in [0, 0.1) is 0 Å². The van der Waals surface area contributed by atoms with Gasteiger partial charge in [0.25, 0.3) is 5.56 Å². The van der Waals surface area contributed by atoms with Crippen LogP contribution in [0.25, 0.3) is 4.96 Å². The summed E-state index contributed by atoms with van der Waals surface area (Å²) in [4.78, 5) is 29.0. The van der Waals surface area contributed by atoms with Crippen LogP contribution in [0.3, 0.4) is 0 Å². The van der Waals surface area contributed by atoms with Crippen LogP contribution < -0.4 is 10.5 Å². The van der Waals surface area contributed by atoms with Crippen molar-refractivity contribution in [1.82, 2.24) is 14.6 Å². The first-order valence-corrected chi connectivity index (χ1v) is 6.27. The minimum atomic E-state index is -1.29. The van der Waals surface area contributed by atoms with Gasteiger partial charge in [0, 0.05) is 13.1 Å². The van der Waals surface area contributed by atoms with Crippen molar-refractivity contribution in [2.45, 2.75) is 13.8 Å². The van der Waals surface area contributed by atoms with E-state index in [0.29, 0.717) is 10.1 Å². The Morgan fingerprint density at radius 2 is 2.17 bits per heavy atom. The van der Waals surface area contributed by atoms with Gasteiger partial charge in [0.05, 0.1) is 6.20 Å². The average molecular weight is 268 g/mol. The van der Waals surface area contributed by atoms with Gasteiger partial charge in [-0.15, -0.1) is 5.10 Å². The van der Waals surface area contributed by atoms with Crippen LogP contribution in [-0.2, 0) is 0 Å². The number of aromatic nitrogens is 3. The van der Waals surface area contributed by atoms with Gasteiger partial charge in [0.2, 0.25) is 10.1 Å². The quantitative estimate of drug-likeness (QED) is 0.878. The molecule has 0 aliphatic rings. The molecule has 7 nitrogen and oxygen atoms in total. The lowest BCUT2D eigenvalue weighted by atomic mass is 10.3. The van der Waals surface area contributed by atoms with Crippen molar-refractivity contribution < 1.29 is 9.90 Å². The van der Waals surface area contributed by atoms with Crippen molar-refractivity contribution in [2.24, 2.45) is 0 Å². The van der Waals surface area contributed by atoms with E-state index >= 15 is 0 Å². The van der Waals surface area contributed by atoms with E-state index in [4.69, 9.17) is 5.11 Å². The van der Waals surface area contributed by atoms with Crippen LogP contribution in [0.15, 0.2) is 11.0 Å². The first kappa shape index (κ1) is 12.5. The van der Waals surface area contributed by atoms with Crippen molar-refractivity contribution >= 4 is 27.4 Å². The number of rotatable bonds is 4. The largest absolute Gasteiger partial charge is 0.477 e. The van der Waals surface area contributed by atoms with Crippen LogP contribution in [0.5, 0.6) is 0 Å². The first-order valence-electron chi connectivity index (χ1n) is 5.45. The van der Waals surface area contributed by atoms with Gasteiger partial charge < -0.3 is 10.0 Å². The van der Waals surface area contributed by atoms with Gasteiger partial charge in [-0.25, -0.2) is 9.78 Å². The highest BCUT2D eigenvalue weighted by atomic mass is 32.1. The van der Waals surface area contributed by atoms with Gasteiger partial charge in [0.1, 0.15) is 5.56 Å². The Morgan fingerprint density at radius 1 is 1.50 bits per heavy atom. The number of hydrogen-bond acceptors (Lipinski definition) is 6. The van der Waals surface area contributed by atoms with E-state index in [1.165, 1.54) is 11.3 Å². The molecule has 0 bridgehead atoms. The molecule has 0 saturated carbocycles. The summed E-state index contributed by atoms with van der Waals surface area (Å²) in [5.74, 6) is -1.29. The molecule has 2 aromatic heterocycles. The lowest BCUT2D eigenvalue weighted by Crippen LogP contribution is -2.25. The summed E-state index contributed by atoms with van der Waals surface area (Å²) in [6.07, 6.45) is 1.07. The molecule has 0 fully saturated rings. The highest BCUT2D eigenvalue weighted by Crippen LogP contribution is 2.20. The third-order valence-corrected chi connectivity index (χ3v) is 3.52. The fourth-order valence-corrected chi connectivity index (χ4v) is 2.53. The van der Waals surface area contributed by atoms with Crippen molar-refractivity contribution in [3.63, 3.8) is 0 Å². The maximum Gasteiger partial charge on any atom is 0.343 e. The number of carboxylic acids is 1. The number of carbonyl (C=O) groups is 1. The number of aromatic carboxylic acids is 1. The van der Waals surface area contributed by atoms with Gasteiger partial charge in [-0.1, -0.05) is 11.3 Å². The molecule has 0 radical (unpaired) electrons. The minimum absolute atomic E-state index is 0.371. The van der Waals surface area contributed by atoms with Gasteiger partial charge in [-0.2, -0.15) is 4.52 Å². The first-order chi connectivity index (χ1) is 8.58. The van der Waals surface area contributed by atoms with Crippen LogP contribution >= 0.6 is 11.3 Å². The summed E-state index contributed by atoms with van der Waals surface area (Å²) in [6.45, 7) is 5.48. The van der Waals surface area contributed by atoms with Crippen molar-refractivity contribution in [3.8, 4) is 0 Å². The van der Waals surface area contributed by atoms with E-state index in [2.05, 4.69) is 10.1 Å². The fourth-order valence-electron chi connectivity index (χ4n) is 1.54. The van der Waals surface area contributed by atoms with E-state index < -0.39 is 11.5 Å². The Balaban J connectivity index is 2.62. The molecule has 0 aliphatic heterocycles. The molecule has 0 amide bonds. The molecule has 0 unspecified atom stereocenters. The summed E-state index contributed by atoms with van der Waals surface area (Å²) < 4.78 is 1.04. The maximum atomic E-state index is 11.9. The van der Waals surface area contributed by atoms with Crippen LogP contribution in [0.1, 0.15) is 24.2 Å². The van der Waals surface area contributed by atoms with Crippen LogP contribution in [-0.4, -0.2) is 38.8 Å². The Hall–Kier alpha value is -1.96. The molecule has 96 valence electrons. The zero-order valence-corrected chi connectivity index (χ0v) is 10.8. The Bertz CT molecular complexity index is 644. The zero-order chi connectivity index (χ0) is 13.3. The monoisotopic (exact) mass is 268 g/mol. The molecular weight excluding hydrogens is 256 g/mol. The Labute approximate surface area is 106 Å². The molecule has 0 spiro atoms. The molecule has 2 rings (SSSR count). The molecule has 0 aliphatic carbocycles. The number of nitrogens with zero attached hydrogens (tertiary/aromatic N) is 4. The highest BCUT2D eigenvalue weighted by molar-refractivity contribution is 7.20. The molecule has 0 aromatic carbocycles. The Kier molecular flexibility index (Phi) is 3.28. The van der Waals surface area contributed by atoms with Gasteiger partial charge in [-0.3, -0.25) is 4.79 Å². The van der Waals surface area contributed by atoms with E-state index in [0.717, 1.165) is 23.8 Å². The predicted octanol–water partition coefficient (Wildman–Crippen LogP) is 0.695. The molecule has 2 aromatic rings. The predicted molar refractivity (Wildman–Crippen MR) is 67.7 cm³/mol. The lowest BCUT2D eigenvalue weighted by Gasteiger charge is -2.15. The average Bonchev–Trinajstić information content (AvgIpc) is 2.75. The minimum Gasteiger partial charge on any atom is -0.477 e. The van der Waals surface area contributed by atoms with Crippen molar-refractivity contribution in [3.05, 3.63) is 22.1 Å². The zero-order valence-electron chi connectivity index (χ0n) is 9.95. The molecule has 1 N–H and O–H groups in total. The van der Waals surface area contributed by atoms with E-state index in [1.54, 1.807) is 0 Å². The van der Waals surface area contributed by atoms with Gasteiger partial charge in [-0.05, 0) is 13.8 Å². The number of carboxylic acid groups (broad SMARTS) is 1. The standard InChI is InChI=1S/C10H12N4O3S/c1-3-13(4-2)10-12-14-7(15)6(8(16)17)5-11-9(14)18-10/h5H,3-4H2,1-2H3,(H,16,17). The second-order valence-electron chi connectivity index (χ2n) is 3.53. The van der Waals surface area contributed by atoms with E-state index in [-0.39, 0.29) is 5.56 Å². The van der Waals surface area contributed by atoms with Gasteiger partial charge in [0.15, 0.2) is 0 Å². The molecular formula is C10H12N4O3S. The fraction of sp³-hybridized carbons (Fsp3) is 0.400. The van der Waals surface area contributed by atoms with E-state index in [1.807, 2.05) is 18.7 Å². The molecule has 18 heavy (non-hydrogen) atoms. The Morgan fingerprint density at radius 3 is 2.72 bits per heavy atom. The summed E-state index contributed by atoms with van der Waals surface area (Å²) in [6, 6.07) is 0. The SMILES string of the molecule is CCN(CC)c1nn2c(=O)c(C(=O)O)cnc2s1. The van der Waals surface area contributed by atoms with Crippen LogP contribution in [0.2, 0.25) is 0 Å². The third-order valence-electron chi connectivity index (χ3n) is 2.54. The number of hydrogen-bond donors (Lipinski definition) is 1. The van der Waals surface area contributed by atoms with Crippen molar-refractivity contribution in [1.29, 1.82) is 0 Å². The van der Waals surface area contributed by atoms with E-state index in [9.17, 15) is 9.59 Å². The molecule has 0 atom stereocenters. The third kappa shape index (κ3) is 1.94. The second-order valence-corrected chi connectivity index (χ2v) is 4.47. The summed E-state index contributed by atoms with van der Waals surface area (Å²) in [5, 5.41) is 13.6. The maximum absolute atomic E-state index is 11.9. The van der Waals surface area contributed by atoms with Crippen molar-refractivity contribution in [2.75, 3.05) is 18.0 Å². The molecule has 8 heteroatoms. The van der Waals surface area contributed by atoms with Gasteiger partial charge >= 0.3 is 5.97 Å². The topological polar surface area (TPSA) is 87.8 Å². The smallest absolute Gasteiger partial charge is 0.343 e. The molecule has 2 heterocycles. The summed E-state index contributed by atoms with van der Waals surface area (Å²) >= 11 is 1.26. The number of anilines is 1. The lowest BCUT2D eigenvalue weighted by molar-refractivity contribution is 0.0694. The second kappa shape index (κ2) is 4.73. The summed E-state index contributed by atoms with van der Waals surface area (Å²) in [7, 11) is 0. The molecule has 0 saturated heterocycles. The number of fused-ring (bicyclic) bond motifs is 1. The highest BCUT2D eigenvalue weighted by Gasteiger charge is 2.16. The van der Waals surface area contributed by atoms with Crippen LogP contribution in [0.4, 0.5) is 5.13 Å². The summed E-state index contributed by atoms with van der Waals surface area (Å²) in [5.41, 5.74) is -1.02. The normalized spacial score (nSPS) is 10.8.